The Labute approximate surface area is 154 Å². The van der Waals surface area contributed by atoms with Crippen molar-refractivity contribution in [3.63, 3.8) is 0 Å². The van der Waals surface area contributed by atoms with Gasteiger partial charge in [-0.15, -0.1) is 0 Å². The van der Waals surface area contributed by atoms with Gasteiger partial charge in [0, 0.05) is 18.2 Å². The quantitative estimate of drug-likeness (QED) is 0.482. The molecule has 130 valence electrons. The summed E-state index contributed by atoms with van der Waals surface area (Å²) in [4.78, 5) is 4.88. The van der Waals surface area contributed by atoms with Crippen molar-refractivity contribution in [2.75, 3.05) is 0 Å². The molecule has 3 heteroatoms. The second-order valence-corrected chi connectivity index (χ2v) is 7.07. The summed E-state index contributed by atoms with van der Waals surface area (Å²) in [7, 11) is 2.11. The summed E-state index contributed by atoms with van der Waals surface area (Å²) < 4.78 is 4.43. The minimum Gasteiger partial charge on any atom is -0.270 e. The summed E-state index contributed by atoms with van der Waals surface area (Å²) in [5.41, 5.74) is 9.68. The normalized spacial score (nSPS) is 11.3. The van der Waals surface area contributed by atoms with Crippen LogP contribution in [0, 0.1) is 27.7 Å². The number of aromatic nitrogens is 3. The summed E-state index contributed by atoms with van der Waals surface area (Å²) in [6.45, 7) is 8.60. The molecule has 0 aliphatic rings. The van der Waals surface area contributed by atoms with E-state index in [9.17, 15) is 0 Å². The number of rotatable bonds is 2. The molecular weight excluding hydrogens is 318 g/mol. The molecule has 0 aliphatic carbocycles. The number of nitrogens with zero attached hydrogens (tertiary/aromatic N) is 3. The van der Waals surface area contributed by atoms with E-state index in [0.29, 0.717) is 0 Å². The average molecular weight is 342 g/mol. The summed E-state index contributed by atoms with van der Waals surface area (Å²) in [5, 5.41) is 0. The van der Waals surface area contributed by atoms with E-state index in [-0.39, 0.29) is 0 Å². The van der Waals surface area contributed by atoms with E-state index in [1.807, 2.05) is 6.07 Å². The number of pyridine rings is 1. The first-order valence-corrected chi connectivity index (χ1v) is 8.99. The van der Waals surface area contributed by atoms with Crippen molar-refractivity contribution in [2.24, 2.45) is 7.05 Å². The first-order valence-electron chi connectivity index (χ1n) is 8.99. The largest absolute Gasteiger partial charge is 0.349 e. The zero-order chi connectivity index (χ0) is 18.4. The van der Waals surface area contributed by atoms with Crippen molar-refractivity contribution in [3.8, 4) is 16.9 Å². The molecule has 4 aromatic rings. The molecule has 0 fully saturated rings. The average Bonchev–Trinajstić information content (AvgIpc) is 2.96. The molecule has 2 aromatic carbocycles. The zero-order valence-electron chi connectivity index (χ0n) is 16.0. The lowest BCUT2D eigenvalue weighted by Gasteiger charge is -2.11. The molecule has 0 bridgehead atoms. The molecule has 0 saturated carbocycles. The first kappa shape index (κ1) is 16.5. The minimum absolute atomic E-state index is 0.996. The molecule has 0 N–H and O–H groups in total. The van der Waals surface area contributed by atoms with Crippen molar-refractivity contribution in [3.05, 3.63) is 77.1 Å². The van der Waals surface area contributed by atoms with Crippen LogP contribution >= 0.6 is 0 Å². The molecular formula is C23H24N3+. The Morgan fingerprint density at radius 3 is 2.35 bits per heavy atom. The van der Waals surface area contributed by atoms with Crippen LogP contribution in [-0.2, 0) is 7.05 Å². The Morgan fingerprint density at radius 1 is 0.885 bits per heavy atom. The fraction of sp³-hybridized carbons (Fsp3) is 0.217. The van der Waals surface area contributed by atoms with Gasteiger partial charge in [-0.05, 0) is 67.2 Å². The maximum atomic E-state index is 4.88. The van der Waals surface area contributed by atoms with Gasteiger partial charge in [-0.1, -0.05) is 29.8 Å². The Bertz CT molecular complexity index is 1120. The van der Waals surface area contributed by atoms with Gasteiger partial charge in [-0.25, -0.2) is 4.57 Å². The maximum absolute atomic E-state index is 4.88. The second kappa shape index (κ2) is 6.10. The molecule has 0 radical (unpaired) electrons. The van der Waals surface area contributed by atoms with Gasteiger partial charge in [0.2, 0.25) is 5.82 Å². The predicted molar refractivity (Wildman–Crippen MR) is 107 cm³/mol. The standard InChI is InChI=1S/C23H24N3/c1-15-13-16(2)17(3)20(14-15)21-11-12-22-23(25(21)5)24-18(4)26(22)19-9-7-6-8-10-19/h6-14H,1-5H3/q+1. The zero-order valence-corrected chi connectivity index (χ0v) is 16.0. The minimum atomic E-state index is 0.996. The van der Waals surface area contributed by atoms with Gasteiger partial charge in [-0.3, -0.25) is 4.57 Å². The van der Waals surface area contributed by atoms with Crippen LogP contribution in [0.2, 0.25) is 0 Å². The highest BCUT2D eigenvalue weighted by molar-refractivity contribution is 5.75. The van der Waals surface area contributed by atoms with Crippen molar-refractivity contribution < 1.29 is 4.57 Å². The van der Waals surface area contributed by atoms with Crippen LogP contribution in [-0.4, -0.2) is 9.55 Å². The number of para-hydroxylation sites is 1. The molecule has 0 saturated heterocycles. The number of aryl methyl sites for hydroxylation is 4. The lowest BCUT2D eigenvalue weighted by molar-refractivity contribution is -0.635. The van der Waals surface area contributed by atoms with Crippen molar-refractivity contribution in [2.45, 2.75) is 27.7 Å². The Morgan fingerprint density at radius 2 is 1.62 bits per heavy atom. The molecule has 0 atom stereocenters. The number of fused-ring (bicyclic) bond motifs is 1. The van der Waals surface area contributed by atoms with Gasteiger partial charge in [0.15, 0.2) is 0 Å². The fourth-order valence-electron chi connectivity index (χ4n) is 3.79. The third kappa shape index (κ3) is 2.51. The first-order chi connectivity index (χ1) is 12.5. The van der Waals surface area contributed by atoms with E-state index < -0.39 is 0 Å². The lowest BCUT2D eigenvalue weighted by Crippen LogP contribution is -2.32. The number of benzene rings is 2. The molecule has 26 heavy (non-hydrogen) atoms. The van der Waals surface area contributed by atoms with Gasteiger partial charge >= 0.3 is 5.65 Å². The topological polar surface area (TPSA) is 21.7 Å². The van der Waals surface area contributed by atoms with Gasteiger partial charge in [0.05, 0.1) is 7.05 Å². The van der Waals surface area contributed by atoms with Crippen molar-refractivity contribution >= 4 is 11.2 Å². The third-order valence-corrected chi connectivity index (χ3v) is 5.24. The molecule has 0 aliphatic heterocycles. The highest BCUT2D eigenvalue weighted by atomic mass is 15.1. The van der Waals surface area contributed by atoms with Crippen LogP contribution in [0.5, 0.6) is 0 Å². The van der Waals surface area contributed by atoms with E-state index in [1.54, 1.807) is 0 Å². The van der Waals surface area contributed by atoms with E-state index in [2.05, 4.69) is 92.4 Å². The number of hydrogen-bond acceptors (Lipinski definition) is 1. The highest BCUT2D eigenvalue weighted by Gasteiger charge is 2.22. The second-order valence-electron chi connectivity index (χ2n) is 7.07. The van der Waals surface area contributed by atoms with Crippen LogP contribution < -0.4 is 4.57 Å². The summed E-state index contributed by atoms with van der Waals surface area (Å²) >= 11 is 0. The van der Waals surface area contributed by atoms with E-state index in [4.69, 9.17) is 4.98 Å². The van der Waals surface area contributed by atoms with Crippen LogP contribution in [0.25, 0.3) is 28.1 Å². The van der Waals surface area contributed by atoms with Crippen LogP contribution in [0.1, 0.15) is 22.5 Å². The smallest absolute Gasteiger partial charge is 0.270 e. The molecule has 0 unspecified atom stereocenters. The van der Waals surface area contributed by atoms with Gasteiger partial charge in [0.25, 0.3) is 0 Å². The Balaban J connectivity index is 1.98. The summed E-state index contributed by atoms with van der Waals surface area (Å²) in [6.07, 6.45) is 0. The lowest BCUT2D eigenvalue weighted by atomic mass is 9.97. The van der Waals surface area contributed by atoms with E-state index in [1.165, 1.54) is 27.9 Å². The summed E-state index contributed by atoms with van der Waals surface area (Å²) in [5.74, 6) is 0.996. The molecule has 0 amide bonds. The number of hydrogen-bond donors (Lipinski definition) is 0. The van der Waals surface area contributed by atoms with Crippen LogP contribution in [0.15, 0.2) is 54.6 Å². The molecule has 4 rings (SSSR count). The van der Waals surface area contributed by atoms with E-state index in [0.717, 1.165) is 22.7 Å². The SMILES string of the molecule is Cc1cc(C)c(C)c(-c2ccc3c(nc(C)n3-c3ccccc3)[n+]2C)c1. The molecule has 2 heterocycles. The third-order valence-electron chi connectivity index (χ3n) is 5.24. The van der Waals surface area contributed by atoms with Gasteiger partial charge in [-0.2, -0.15) is 0 Å². The van der Waals surface area contributed by atoms with Crippen LogP contribution in [0.3, 0.4) is 0 Å². The van der Waals surface area contributed by atoms with Crippen LogP contribution in [0.4, 0.5) is 0 Å². The molecule has 2 aromatic heterocycles. The van der Waals surface area contributed by atoms with E-state index >= 15 is 0 Å². The Kier molecular flexibility index (Phi) is 3.87. The predicted octanol–water partition coefficient (Wildman–Crippen LogP) is 4.75. The maximum Gasteiger partial charge on any atom is 0.349 e. The summed E-state index contributed by atoms with van der Waals surface area (Å²) in [6, 6.07) is 19.3. The van der Waals surface area contributed by atoms with Crippen molar-refractivity contribution in [1.29, 1.82) is 0 Å². The molecule has 0 spiro atoms. The Hall–Kier alpha value is -2.94. The fourth-order valence-corrected chi connectivity index (χ4v) is 3.79. The number of imidazole rings is 1. The van der Waals surface area contributed by atoms with Crippen molar-refractivity contribution in [1.82, 2.24) is 9.55 Å². The monoisotopic (exact) mass is 342 g/mol. The van der Waals surface area contributed by atoms with Gasteiger partial charge in [0.1, 0.15) is 11.2 Å². The van der Waals surface area contributed by atoms with Gasteiger partial charge < -0.3 is 0 Å². The highest BCUT2D eigenvalue weighted by Crippen LogP contribution is 2.27. The molecule has 3 nitrogen and oxygen atoms in total.